The Bertz CT molecular complexity index is 797. The number of unbranched alkanes of at least 4 members (excludes halogenated alkanes) is 6. The number of carbonyl (C=O) groups is 2. The molecule has 4 heteroatoms. The molecule has 2 amide bonds. The van der Waals surface area contributed by atoms with Gasteiger partial charge in [-0.05, 0) is 43.5 Å². The van der Waals surface area contributed by atoms with Gasteiger partial charge in [0, 0.05) is 13.8 Å². The van der Waals surface area contributed by atoms with E-state index in [0.29, 0.717) is 17.7 Å². The number of fused-ring (bicyclic) bond motifs is 1. The third-order valence-electron chi connectivity index (χ3n) is 5.93. The molecule has 0 N–H and O–H groups in total. The maximum Gasteiger partial charge on any atom is 0.261 e. The fourth-order valence-electron chi connectivity index (χ4n) is 4.06. The number of benzene rings is 2. The molecule has 154 valence electrons. The van der Waals surface area contributed by atoms with Crippen LogP contribution in [0.2, 0.25) is 0 Å². The third kappa shape index (κ3) is 5.54. The van der Waals surface area contributed by atoms with Crippen molar-refractivity contribution in [1.82, 2.24) is 4.90 Å². The van der Waals surface area contributed by atoms with Gasteiger partial charge >= 0.3 is 0 Å². The van der Waals surface area contributed by atoms with Crippen LogP contribution in [-0.2, 0) is 0 Å². The summed E-state index contributed by atoms with van der Waals surface area (Å²) in [6.45, 7) is 5.44. The van der Waals surface area contributed by atoms with E-state index in [1.165, 1.54) is 48.5 Å². The van der Waals surface area contributed by atoms with Crippen molar-refractivity contribution < 1.29 is 9.59 Å². The fraction of sp³-hybridized carbons (Fsp3) is 0.440. The number of amides is 2. The number of hydrogen-bond donors (Lipinski definition) is 0. The lowest BCUT2D eigenvalue weighted by atomic mass is 10.1. The number of rotatable bonds is 11. The predicted molar refractivity (Wildman–Crippen MR) is 124 cm³/mol. The number of imide groups is 1. The molecule has 0 unspecified atom stereocenters. The van der Waals surface area contributed by atoms with E-state index in [9.17, 15) is 9.59 Å². The molecule has 0 atom stereocenters. The molecule has 2 aromatic rings. The Hall–Kier alpha value is -1.99. The van der Waals surface area contributed by atoms with Crippen molar-refractivity contribution >= 4 is 24.4 Å². The van der Waals surface area contributed by atoms with Gasteiger partial charge in [-0.25, -0.2) is 0 Å². The van der Waals surface area contributed by atoms with Crippen molar-refractivity contribution in [1.29, 1.82) is 0 Å². The normalized spacial score (nSPS) is 13.8. The maximum absolute atomic E-state index is 12.3. The van der Waals surface area contributed by atoms with Crippen molar-refractivity contribution in [2.45, 2.75) is 44.9 Å². The monoisotopic (exact) mass is 410 g/mol. The molecule has 1 aliphatic heterocycles. The number of nitrogens with zero attached hydrogens (tertiary/aromatic N) is 1. The number of hydrogen-bond acceptors (Lipinski definition) is 2. The summed E-state index contributed by atoms with van der Waals surface area (Å²) < 4.78 is 0. The van der Waals surface area contributed by atoms with Crippen LogP contribution >= 0.6 is 7.26 Å². The predicted octanol–water partition coefficient (Wildman–Crippen LogP) is 5.62. The van der Waals surface area contributed by atoms with Gasteiger partial charge < -0.3 is 0 Å². The second-order valence-corrected chi connectivity index (χ2v) is 12.9. The second-order valence-electron chi connectivity index (χ2n) is 8.53. The summed E-state index contributed by atoms with van der Waals surface area (Å²) in [6, 6.07) is 18.1. The molecular formula is C25H33NO2P+. The van der Waals surface area contributed by atoms with E-state index in [2.05, 4.69) is 43.7 Å². The zero-order valence-electron chi connectivity index (χ0n) is 17.8. The molecule has 0 aromatic heterocycles. The highest BCUT2D eigenvalue weighted by Gasteiger charge is 2.34. The zero-order valence-corrected chi connectivity index (χ0v) is 18.7. The van der Waals surface area contributed by atoms with Crippen molar-refractivity contribution in [3.05, 3.63) is 65.7 Å². The Morgan fingerprint density at radius 1 is 0.655 bits per heavy atom. The molecule has 0 spiro atoms. The molecule has 0 saturated carbocycles. The van der Waals surface area contributed by atoms with Crippen molar-refractivity contribution in [2.24, 2.45) is 0 Å². The van der Waals surface area contributed by atoms with Gasteiger partial charge in [-0.15, -0.1) is 0 Å². The Morgan fingerprint density at radius 3 is 1.72 bits per heavy atom. The SMILES string of the molecule is C[P+](C)(CCCCCCCCCN1C(=O)c2ccccc2C1=O)c1ccccc1. The van der Waals surface area contributed by atoms with Crippen LogP contribution in [0, 0.1) is 0 Å². The number of carbonyl (C=O) groups excluding carboxylic acids is 2. The lowest BCUT2D eigenvalue weighted by Crippen LogP contribution is -2.30. The first-order valence-electron chi connectivity index (χ1n) is 10.8. The lowest BCUT2D eigenvalue weighted by Gasteiger charge is -2.17. The highest BCUT2D eigenvalue weighted by molar-refractivity contribution is 7.81. The molecule has 1 aliphatic rings. The van der Waals surface area contributed by atoms with E-state index >= 15 is 0 Å². The van der Waals surface area contributed by atoms with Crippen molar-refractivity contribution in [3.8, 4) is 0 Å². The maximum atomic E-state index is 12.3. The van der Waals surface area contributed by atoms with E-state index in [1.807, 2.05) is 12.1 Å². The topological polar surface area (TPSA) is 37.4 Å². The van der Waals surface area contributed by atoms with Crippen molar-refractivity contribution in [3.63, 3.8) is 0 Å². The van der Waals surface area contributed by atoms with Gasteiger partial charge in [0.05, 0.1) is 35.9 Å². The molecular weight excluding hydrogens is 377 g/mol. The van der Waals surface area contributed by atoms with Gasteiger partial charge in [-0.1, -0.05) is 56.0 Å². The molecule has 0 fully saturated rings. The van der Waals surface area contributed by atoms with E-state index in [1.54, 1.807) is 12.1 Å². The summed E-state index contributed by atoms with van der Waals surface area (Å²) >= 11 is 0. The van der Waals surface area contributed by atoms with Crippen LogP contribution < -0.4 is 5.30 Å². The standard InChI is InChI=1S/C25H33NO2P/c1-29(2,21-15-9-8-10-16-21)20-14-7-5-3-4-6-13-19-26-24(27)22-17-11-12-18-23(22)25(26)28/h8-12,15-18H,3-7,13-14,19-20H2,1-2H3/q+1. The third-order valence-corrected chi connectivity index (χ3v) is 9.06. The highest BCUT2D eigenvalue weighted by Crippen LogP contribution is 2.50. The summed E-state index contributed by atoms with van der Waals surface area (Å²) in [7, 11) is -0.979. The average Bonchev–Trinajstić information content (AvgIpc) is 2.98. The molecule has 0 aliphatic carbocycles. The molecule has 0 radical (unpaired) electrons. The highest BCUT2D eigenvalue weighted by atomic mass is 31.2. The van der Waals surface area contributed by atoms with Crippen LogP contribution in [0.5, 0.6) is 0 Å². The average molecular weight is 411 g/mol. The van der Waals surface area contributed by atoms with E-state index < -0.39 is 7.26 Å². The summed E-state index contributed by atoms with van der Waals surface area (Å²) in [4.78, 5) is 26.1. The largest absolute Gasteiger partial charge is 0.274 e. The molecule has 29 heavy (non-hydrogen) atoms. The van der Waals surface area contributed by atoms with Gasteiger partial charge in [-0.3, -0.25) is 14.5 Å². The fourth-order valence-corrected chi connectivity index (χ4v) is 6.32. The van der Waals surface area contributed by atoms with Crippen LogP contribution in [-0.4, -0.2) is 42.8 Å². The first-order valence-corrected chi connectivity index (χ1v) is 13.7. The summed E-state index contributed by atoms with van der Waals surface area (Å²) in [6.07, 6.45) is 9.62. The van der Waals surface area contributed by atoms with Gasteiger partial charge in [-0.2, -0.15) is 0 Å². The van der Waals surface area contributed by atoms with E-state index in [0.717, 1.165) is 12.8 Å². The van der Waals surface area contributed by atoms with Crippen LogP contribution in [0.25, 0.3) is 0 Å². The Kier molecular flexibility index (Phi) is 7.61. The van der Waals surface area contributed by atoms with E-state index in [-0.39, 0.29) is 11.8 Å². The van der Waals surface area contributed by atoms with Gasteiger partial charge in [0.15, 0.2) is 0 Å². The molecule has 0 bridgehead atoms. The minimum Gasteiger partial charge on any atom is -0.274 e. The van der Waals surface area contributed by atoms with Crippen LogP contribution in [0.15, 0.2) is 54.6 Å². The molecule has 2 aromatic carbocycles. The van der Waals surface area contributed by atoms with Crippen LogP contribution in [0.3, 0.4) is 0 Å². The second kappa shape index (κ2) is 10.2. The molecule has 3 rings (SSSR count). The summed E-state index contributed by atoms with van der Waals surface area (Å²) in [5.74, 6) is -0.259. The van der Waals surface area contributed by atoms with Gasteiger partial charge in [0.25, 0.3) is 11.8 Å². The molecule has 3 nitrogen and oxygen atoms in total. The van der Waals surface area contributed by atoms with Crippen LogP contribution in [0.1, 0.15) is 65.7 Å². The first-order chi connectivity index (χ1) is 14.0. The van der Waals surface area contributed by atoms with E-state index in [4.69, 9.17) is 0 Å². The quantitative estimate of drug-likeness (QED) is 0.274. The molecule has 0 saturated heterocycles. The van der Waals surface area contributed by atoms with Crippen LogP contribution in [0.4, 0.5) is 0 Å². The smallest absolute Gasteiger partial charge is 0.261 e. The van der Waals surface area contributed by atoms with Crippen molar-refractivity contribution in [2.75, 3.05) is 26.0 Å². The zero-order chi connectivity index (χ0) is 20.7. The summed E-state index contributed by atoms with van der Waals surface area (Å²) in [5.41, 5.74) is 1.11. The van der Waals surface area contributed by atoms with Gasteiger partial charge in [0.1, 0.15) is 0 Å². The molecule has 1 heterocycles. The minimum atomic E-state index is -0.979. The summed E-state index contributed by atoms with van der Waals surface area (Å²) in [5, 5.41) is 1.54. The Balaban J connectivity index is 1.26. The Morgan fingerprint density at radius 2 is 1.14 bits per heavy atom. The Labute approximate surface area is 175 Å². The van der Waals surface area contributed by atoms with Gasteiger partial charge in [0.2, 0.25) is 0 Å². The first kappa shape index (κ1) is 21.7. The minimum absolute atomic E-state index is 0.130. The lowest BCUT2D eigenvalue weighted by molar-refractivity contribution is 0.0651.